The minimum Gasteiger partial charge on any atom is -0.507 e. The molecular formula is C29H27NO7. The lowest BCUT2D eigenvalue weighted by Gasteiger charge is -2.26. The van der Waals surface area contributed by atoms with E-state index < -0.39 is 23.7 Å². The quantitative estimate of drug-likeness (QED) is 0.203. The number of amides is 1. The largest absolute Gasteiger partial charge is 0.507 e. The topological polar surface area (TPSA) is 102 Å². The molecule has 0 spiro atoms. The van der Waals surface area contributed by atoms with E-state index in [1.54, 1.807) is 60.7 Å². The number of aliphatic hydroxyl groups excluding tert-OH is 1. The van der Waals surface area contributed by atoms with Gasteiger partial charge < -0.3 is 19.3 Å². The molecule has 0 radical (unpaired) electrons. The maximum atomic E-state index is 13.3. The van der Waals surface area contributed by atoms with E-state index in [4.69, 9.17) is 14.2 Å². The summed E-state index contributed by atoms with van der Waals surface area (Å²) in [5, 5.41) is 11.3. The highest BCUT2D eigenvalue weighted by Gasteiger charge is 2.47. The lowest BCUT2D eigenvalue weighted by atomic mass is 9.95. The van der Waals surface area contributed by atoms with Crippen molar-refractivity contribution in [1.29, 1.82) is 0 Å². The van der Waals surface area contributed by atoms with E-state index in [0.717, 1.165) is 6.42 Å². The molecule has 1 aliphatic heterocycles. The highest BCUT2D eigenvalue weighted by atomic mass is 16.5. The Bertz CT molecular complexity index is 1340. The third kappa shape index (κ3) is 5.04. The van der Waals surface area contributed by atoms with Crippen molar-refractivity contribution in [2.75, 3.05) is 25.7 Å². The van der Waals surface area contributed by atoms with Crippen LogP contribution in [0.5, 0.6) is 11.5 Å². The van der Waals surface area contributed by atoms with Crippen LogP contribution in [0.2, 0.25) is 0 Å². The number of nitrogens with zero attached hydrogens (tertiary/aromatic N) is 1. The highest BCUT2D eigenvalue weighted by molar-refractivity contribution is 6.51. The molecule has 0 aliphatic carbocycles. The Kier molecular flexibility index (Phi) is 7.57. The van der Waals surface area contributed by atoms with Crippen molar-refractivity contribution in [2.24, 2.45) is 0 Å². The number of aliphatic hydroxyl groups is 1. The number of carbonyl (C=O) groups is 3. The molecule has 37 heavy (non-hydrogen) atoms. The number of hydrogen-bond donors (Lipinski definition) is 1. The molecule has 1 atom stereocenters. The number of esters is 1. The molecule has 3 aromatic rings. The molecule has 1 heterocycles. The number of hydrogen-bond acceptors (Lipinski definition) is 7. The van der Waals surface area contributed by atoms with Gasteiger partial charge in [-0.25, -0.2) is 4.79 Å². The third-order valence-corrected chi connectivity index (χ3v) is 6.02. The summed E-state index contributed by atoms with van der Waals surface area (Å²) in [7, 11) is 2.80. The van der Waals surface area contributed by atoms with Gasteiger partial charge in [-0.1, -0.05) is 19.1 Å². The predicted octanol–water partition coefficient (Wildman–Crippen LogP) is 4.90. The smallest absolute Gasteiger partial charge is 0.337 e. The number of rotatable bonds is 8. The van der Waals surface area contributed by atoms with Crippen LogP contribution >= 0.6 is 0 Å². The Labute approximate surface area is 214 Å². The summed E-state index contributed by atoms with van der Waals surface area (Å²) in [6.07, 6.45) is 0.853. The van der Waals surface area contributed by atoms with Gasteiger partial charge in [-0.2, -0.15) is 0 Å². The fraction of sp³-hybridized carbons (Fsp3) is 0.207. The maximum absolute atomic E-state index is 13.3. The number of ketones is 1. The second-order valence-electron chi connectivity index (χ2n) is 8.36. The first-order chi connectivity index (χ1) is 17.9. The first-order valence-electron chi connectivity index (χ1n) is 11.8. The van der Waals surface area contributed by atoms with E-state index in [9.17, 15) is 19.5 Å². The zero-order valence-electron chi connectivity index (χ0n) is 20.8. The minimum atomic E-state index is -0.935. The average Bonchev–Trinajstić information content (AvgIpc) is 3.21. The van der Waals surface area contributed by atoms with Gasteiger partial charge in [0.15, 0.2) is 0 Å². The number of methoxy groups -OCH3 is 2. The number of carbonyl (C=O) groups excluding carboxylic acids is 3. The Morgan fingerprint density at radius 2 is 1.59 bits per heavy atom. The van der Waals surface area contributed by atoms with Crippen molar-refractivity contribution in [2.45, 2.75) is 19.4 Å². The minimum absolute atomic E-state index is 0.0578. The maximum Gasteiger partial charge on any atom is 0.337 e. The number of Topliss-reactive ketones (excluding diaryl/α,β-unsaturated/α-hetero) is 1. The second kappa shape index (κ2) is 11.0. The molecule has 1 amide bonds. The zero-order valence-corrected chi connectivity index (χ0v) is 20.8. The third-order valence-electron chi connectivity index (χ3n) is 6.02. The molecule has 0 aromatic heterocycles. The van der Waals surface area contributed by atoms with E-state index in [1.807, 2.05) is 6.92 Å². The number of benzene rings is 3. The summed E-state index contributed by atoms with van der Waals surface area (Å²) in [6, 6.07) is 18.8. The predicted molar refractivity (Wildman–Crippen MR) is 138 cm³/mol. The second-order valence-corrected chi connectivity index (χ2v) is 8.36. The van der Waals surface area contributed by atoms with Gasteiger partial charge in [0.25, 0.3) is 11.7 Å². The van der Waals surface area contributed by atoms with Crippen LogP contribution in [0.3, 0.4) is 0 Å². The van der Waals surface area contributed by atoms with Crippen molar-refractivity contribution in [1.82, 2.24) is 0 Å². The SMILES string of the molecule is CCCOc1ccc(/C(O)=C2\C(=O)C(=O)N(c3ccc(C(=O)OC)cc3)C2c2cccc(OC)c2)cc1. The molecule has 1 unspecified atom stereocenters. The van der Waals surface area contributed by atoms with Crippen molar-refractivity contribution >= 4 is 29.1 Å². The monoisotopic (exact) mass is 501 g/mol. The highest BCUT2D eigenvalue weighted by Crippen LogP contribution is 2.43. The van der Waals surface area contributed by atoms with Crippen LogP contribution in [0.1, 0.15) is 40.9 Å². The molecule has 3 aromatic carbocycles. The fourth-order valence-electron chi connectivity index (χ4n) is 4.19. The number of anilines is 1. The Morgan fingerprint density at radius 3 is 2.22 bits per heavy atom. The van der Waals surface area contributed by atoms with Crippen molar-refractivity contribution in [3.8, 4) is 11.5 Å². The van der Waals surface area contributed by atoms with Crippen LogP contribution < -0.4 is 14.4 Å². The first kappa shape index (κ1) is 25.5. The van der Waals surface area contributed by atoms with Crippen LogP contribution in [-0.4, -0.2) is 43.6 Å². The van der Waals surface area contributed by atoms with Crippen LogP contribution in [0, 0.1) is 0 Å². The lowest BCUT2D eigenvalue weighted by molar-refractivity contribution is -0.132. The van der Waals surface area contributed by atoms with Crippen LogP contribution in [0.4, 0.5) is 5.69 Å². The summed E-state index contributed by atoms with van der Waals surface area (Å²) < 4.78 is 15.7. The van der Waals surface area contributed by atoms with Gasteiger partial charge in [-0.15, -0.1) is 0 Å². The summed E-state index contributed by atoms with van der Waals surface area (Å²) in [4.78, 5) is 39.8. The van der Waals surface area contributed by atoms with Gasteiger partial charge >= 0.3 is 5.97 Å². The Balaban J connectivity index is 1.84. The molecule has 1 aliphatic rings. The first-order valence-corrected chi connectivity index (χ1v) is 11.8. The van der Waals surface area contributed by atoms with Gasteiger partial charge in [0.05, 0.1) is 38.0 Å². The molecule has 190 valence electrons. The molecule has 4 rings (SSSR count). The molecule has 1 saturated heterocycles. The van der Waals surface area contributed by atoms with Gasteiger partial charge in [-0.05, 0) is 72.6 Å². The van der Waals surface area contributed by atoms with E-state index in [0.29, 0.717) is 40.5 Å². The molecule has 1 fully saturated rings. The average molecular weight is 502 g/mol. The van der Waals surface area contributed by atoms with E-state index in [2.05, 4.69) is 0 Å². The van der Waals surface area contributed by atoms with E-state index in [1.165, 1.54) is 31.3 Å². The standard InChI is InChI=1S/C29H27NO7/c1-4-16-37-22-14-10-18(11-15-22)26(31)24-25(20-6-5-7-23(17-20)35-2)30(28(33)27(24)32)21-12-8-19(9-13-21)29(34)36-3/h5-15,17,25,31H,4,16H2,1-3H3/b26-24+. The van der Waals surface area contributed by atoms with Gasteiger partial charge in [0.2, 0.25) is 0 Å². The normalized spacial score (nSPS) is 16.5. The summed E-state index contributed by atoms with van der Waals surface area (Å²) >= 11 is 0. The summed E-state index contributed by atoms with van der Waals surface area (Å²) in [5.74, 6) is -1.29. The van der Waals surface area contributed by atoms with E-state index in [-0.39, 0.29) is 11.3 Å². The molecule has 8 heteroatoms. The van der Waals surface area contributed by atoms with Crippen LogP contribution in [-0.2, 0) is 14.3 Å². The zero-order chi connectivity index (χ0) is 26.5. The van der Waals surface area contributed by atoms with Crippen molar-refractivity contribution < 1.29 is 33.7 Å². The molecular weight excluding hydrogens is 474 g/mol. The lowest BCUT2D eigenvalue weighted by Crippen LogP contribution is -2.29. The van der Waals surface area contributed by atoms with Gasteiger partial charge in [-0.3, -0.25) is 14.5 Å². The van der Waals surface area contributed by atoms with Crippen LogP contribution in [0.25, 0.3) is 5.76 Å². The fourth-order valence-corrected chi connectivity index (χ4v) is 4.19. The van der Waals surface area contributed by atoms with Crippen molar-refractivity contribution in [3.63, 3.8) is 0 Å². The molecule has 0 saturated carbocycles. The van der Waals surface area contributed by atoms with E-state index >= 15 is 0 Å². The van der Waals surface area contributed by atoms with Crippen LogP contribution in [0.15, 0.2) is 78.4 Å². The van der Waals surface area contributed by atoms with Gasteiger partial charge in [0, 0.05) is 11.3 Å². The molecule has 1 N–H and O–H groups in total. The van der Waals surface area contributed by atoms with Crippen molar-refractivity contribution in [3.05, 3.63) is 95.1 Å². The summed E-state index contributed by atoms with van der Waals surface area (Å²) in [5.41, 5.74) is 1.56. The van der Waals surface area contributed by atoms with Gasteiger partial charge in [0.1, 0.15) is 17.3 Å². The summed E-state index contributed by atoms with van der Waals surface area (Å²) in [6.45, 7) is 2.56. The Hall–Kier alpha value is -4.59. The molecule has 0 bridgehead atoms. The Morgan fingerprint density at radius 1 is 0.919 bits per heavy atom. The number of ether oxygens (including phenoxy) is 3. The molecule has 8 nitrogen and oxygen atoms in total.